The third kappa shape index (κ3) is 3.69. The maximum absolute atomic E-state index is 12.7. The number of halogens is 3. The van der Waals surface area contributed by atoms with Crippen LogP contribution in [0.3, 0.4) is 0 Å². The Bertz CT molecular complexity index is 791. The van der Waals surface area contributed by atoms with Crippen molar-refractivity contribution >= 4 is 11.9 Å². The van der Waals surface area contributed by atoms with Crippen LogP contribution >= 0.6 is 0 Å². The molecular formula is C16H16F3N5O2. The van der Waals surface area contributed by atoms with E-state index in [0.29, 0.717) is 18.4 Å². The Balaban J connectivity index is 1.87. The van der Waals surface area contributed by atoms with Crippen molar-refractivity contribution in [3.05, 3.63) is 47.8 Å². The molecule has 1 fully saturated rings. The van der Waals surface area contributed by atoms with Crippen molar-refractivity contribution < 1.29 is 22.7 Å². The number of hydrazine groups is 1. The monoisotopic (exact) mass is 367 g/mol. The van der Waals surface area contributed by atoms with Gasteiger partial charge in [0.15, 0.2) is 0 Å². The molecule has 1 aliphatic carbocycles. The first-order valence-electron chi connectivity index (χ1n) is 7.79. The van der Waals surface area contributed by atoms with Crippen LogP contribution in [-0.4, -0.2) is 22.2 Å². The fraction of sp³-hybridized carbons (Fsp3) is 0.312. The Morgan fingerprint density at radius 3 is 2.38 bits per heavy atom. The molecule has 1 aromatic carbocycles. The number of nitrogens with one attached hydrogen (secondary N) is 2. The van der Waals surface area contributed by atoms with Crippen LogP contribution in [0.15, 0.2) is 36.7 Å². The molecule has 0 atom stereocenters. The smallest absolute Gasteiger partial charge is 0.405 e. The zero-order valence-electron chi connectivity index (χ0n) is 13.5. The van der Waals surface area contributed by atoms with E-state index >= 15 is 0 Å². The van der Waals surface area contributed by atoms with Crippen molar-refractivity contribution in [1.29, 1.82) is 0 Å². The largest absolute Gasteiger partial charge is 0.573 e. The Morgan fingerprint density at radius 1 is 1.19 bits per heavy atom. The summed E-state index contributed by atoms with van der Waals surface area (Å²) in [5.41, 5.74) is 1.75. The van der Waals surface area contributed by atoms with Gasteiger partial charge in [-0.2, -0.15) is 0 Å². The first-order valence-corrected chi connectivity index (χ1v) is 7.79. The minimum atomic E-state index is -4.78. The molecule has 2 aromatic rings. The number of carbonyl (C=O) groups is 1. The number of amides is 1. The van der Waals surface area contributed by atoms with E-state index in [4.69, 9.17) is 5.84 Å². The van der Waals surface area contributed by atoms with Gasteiger partial charge in [0, 0.05) is 18.0 Å². The van der Waals surface area contributed by atoms with Crippen LogP contribution in [0, 0.1) is 0 Å². The molecule has 0 spiro atoms. The molecule has 0 saturated heterocycles. The van der Waals surface area contributed by atoms with Gasteiger partial charge in [-0.3, -0.25) is 10.2 Å². The van der Waals surface area contributed by atoms with Crippen LogP contribution in [0.5, 0.6) is 5.75 Å². The second-order valence-corrected chi connectivity index (χ2v) is 5.87. The number of nitrogens with zero attached hydrogens (tertiary/aromatic N) is 2. The first kappa shape index (κ1) is 17.9. The van der Waals surface area contributed by atoms with Crippen molar-refractivity contribution in [1.82, 2.24) is 15.4 Å². The molecule has 7 nitrogen and oxygen atoms in total. The normalized spacial score (nSPS) is 15.7. The summed E-state index contributed by atoms with van der Waals surface area (Å²) in [5, 5.41) is 3.09. The Morgan fingerprint density at radius 2 is 1.85 bits per heavy atom. The molecule has 0 unspecified atom stereocenters. The van der Waals surface area contributed by atoms with Crippen molar-refractivity contribution in [2.75, 3.05) is 5.32 Å². The molecular weight excluding hydrogens is 351 g/mol. The average molecular weight is 367 g/mol. The van der Waals surface area contributed by atoms with Crippen molar-refractivity contribution in [3.63, 3.8) is 0 Å². The van der Waals surface area contributed by atoms with Gasteiger partial charge < -0.3 is 10.1 Å². The minimum absolute atomic E-state index is 0.168. The fourth-order valence-corrected chi connectivity index (χ4v) is 2.87. The van der Waals surface area contributed by atoms with Crippen molar-refractivity contribution in [2.24, 2.45) is 5.84 Å². The molecule has 0 aliphatic heterocycles. The van der Waals surface area contributed by atoms with Crippen LogP contribution in [0.25, 0.3) is 0 Å². The highest BCUT2D eigenvalue weighted by Gasteiger charge is 2.43. The Hall–Kier alpha value is -2.88. The summed E-state index contributed by atoms with van der Waals surface area (Å²) in [6.45, 7) is 0. The number of nitrogens with two attached hydrogens (primary N) is 1. The fourth-order valence-electron chi connectivity index (χ4n) is 2.87. The van der Waals surface area contributed by atoms with Crippen molar-refractivity contribution in [2.45, 2.75) is 31.2 Å². The summed E-state index contributed by atoms with van der Waals surface area (Å²) >= 11 is 0. The van der Waals surface area contributed by atoms with Crippen LogP contribution in [0.2, 0.25) is 0 Å². The quantitative estimate of drug-likeness (QED) is 0.426. The highest BCUT2D eigenvalue weighted by molar-refractivity contribution is 5.93. The number of hydrogen-bond acceptors (Lipinski definition) is 6. The van der Waals surface area contributed by atoms with E-state index in [2.05, 4.69) is 20.0 Å². The average Bonchev–Trinajstić information content (AvgIpc) is 2.57. The predicted octanol–water partition coefficient (Wildman–Crippen LogP) is 2.47. The van der Waals surface area contributed by atoms with Gasteiger partial charge in [0.2, 0.25) is 5.95 Å². The van der Waals surface area contributed by atoms with E-state index in [1.165, 1.54) is 24.5 Å². The van der Waals surface area contributed by atoms with Gasteiger partial charge in [-0.25, -0.2) is 15.8 Å². The molecule has 3 rings (SSSR count). The maximum atomic E-state index is 12.7. The lowest BCUT2D eigenvalue weighted by Gasteiger charge is -2.43. The number of carbonyl (C=O) groups excluding carboxylic acids is 1. The lowest BCUT2D eigenvalue weighted by atomic mass is 9.71. The van der Waals surface area contributed by atoms with Gasteiger partial charge in [0.25, 0.3) is 5.91 Å². The molecule has 0 bridgehead atoms. The lowest BCUT2D eigenvalue weighted by Crippen LogP contribution is -2.43. The van der Waals surface area contributed by atoms with Gasteiger partial charge in [-0.05, 0) is 25.3 Å². The number of nitrogen functional groups attached to an aromatic ring is 1. The van der Waals surface area contributed by atoms with Gasteiger partial charge in [-0.1, -0.05) is 18.2 Å². The Kier molecular flexibility index (Phi) is 4.68. The number of ether oxygens (including phenoxy) is 1. The SMILES string of the molecule is NNC(=O)c1cnc(NC2(c3ccccc3OC(F)(F)F)CCC2)nc1. The number of aromatic nitrogens is 2. The minimum Gasteiger partial charge on any atom is -0.405 e. The summed E-state index contributed by atoms with van der Waals surface area (Å²) in [7, 11) is 0. The number of anilines is 1. The molecule has 26 heavy (non-hydrogen) atoms. The standard InChI is InChI=1S/C16H16F3N5O2/c17-16(18,19)26-12-5-2-1-4-11(12)15(6-3-7-15)23-14-21-8-10(9-22-14)13(25)24-20/h1-2,4-5,8-9H,3,6-7,20H2,(H,24,25)(H,21,22,23). The van der Waals surface area contributed by atoms with Gasteiger partial charge >= 0.3 is 6.36 Å². The van der Waals surface area contributed by atoms with E-state index in [-0.39, 0.29) is 17.3 Å². The third-order valence-corrected chi connectivity index (χ3v) is 4.23. The van der Waals surface area contributed by atoms with Gasteiger partial charge in [0.05, 0.1) is 11.1 Å². The molecule has 1 aromatic heterocycles. The number of rotatable bonds is 5. The van der Waals surface area contributed by atoms with Crippen LogP contribution in [-0.2, 0) is 5.54 Å². The van der Waals surface area contributed by atoms with Gasteiger partial charge in [0.1, 0.15) is 5.75 Å². The second-order valence-electron chi connectivity index (χ2n) is 5.87. The molecule has 10 heteroatoms. The molecule has 1 amide bonds. The number of alkyl halides is 3. The zero-order chi connectivity index (χ0) is 18.8. The topological polar surface area (TPSA) is 102 Å². The highest BCUT2D eigenvalue weighted by Crippen LogP contribution is 2.47. The van der Waals surface area contributed by atoms with E-state index in [1.54, 1.807) is 12.1 Å². The Labute approximate surface area is 146 Å². The summed E-state index contributed by atoms with van der Waals surface area (Å²) in [5.74, 6) is 4.43. The molecule has 138 valence electrons. The van der Waals surface area contributed by atoms with Crippen LogP contribution in [0.1, 0.15) is 35.2 Å². The lowest BCUT2D eigenvalue weighted by molar-refractivity contribution is -0.275. The van der Waals surface area contributed by atoms with Crippen molar-refractivity contribution in [3.8, 4) is 5.75 Å². The summed E-state index contributed by atoms with van der Waals surface area (Å²) < 4.78 is 42.3. The molecule has 4 N–H and O–H groups in total. The van der Waals surface area contributed by atoms with E-state index in [0.717, 1.165) is 6.42 Å². The highest BCUT2D eigenvalue weighted by atomic mass is 19.4. The third-order valence-electron chi connectivity index (χ3n) is 4.23. The summed E-state index contributed by atoms with van der Waals surface area (Å²) in [6.07, 6.45) is -0.195. The predicted molar refractivity (Wildman–Crippen MR) is 86.0 cm³/mol. The zero-order valence-corrected chi connectivity index (χ0v) is 13.5. The molecule has 1 saturated carbocycles. The molecule has 0 radical (unpaired) electrons. The number of hydrogen-bond donors (Lipinski definition) is 3. The van der Waals surface area contributed by atoms with E-state index in [1.807, 2.05) is 5.43 Å². The number of benzene rings is 1. The summed E-state index contributed by atoms with van der Waals surface area (Å²) in [6, 6.07) is 5.99. The summed E-state index contributed by atoms with van der Waals surface area (Å²) in [4.78, 5) is 19.5. The van der Waals surface area contributed by atoms with E-state index in [9.17, 15) is 18.0 Å². The van der Waals surface area contributed by atoms with Gasteiger partial charge in [-0.15, -0.1) is 13.2 Å². The molecule has 1 aliphatic rings. The van der Waals surface area contributed by atoms with E-state index < -0.39 is 17.8 Å². The number of para-hydroxylation sites is 1. The molecule has 1 heterocycles. The maximum Gasteiger partial charge on any atom is 0.573 e. The first-order chi connectivity index (χ1) is 12.3. The second kappa shape index (κ2) is 6.79. The van der Waals surface area contributed by atoms with Crippen LogP contribution in [0.4, 0.5) is 19.1 Å². The van der Waals surface area contributed by atoms with Crippen LogP contribution < -0.4 is 21.3 Å².